The van der Waals surface area contributed by atoms with E-state index in [1.807, 2.05) is 38.1 Å². The summed E-state index contributed by atoms with van der Waals surface area (Å²) in [6.07, 6.45) is 1.15. The summed E-state index contributed by atoms with van der Waals surface area (Å²) in [7, 11) is -3.52. The van der Waals surface area contributed by atoms with Crippen molar-refractivity contribution in [1.29, 1.82) is 5.26 Å². The van der Waals surface area contributed by atoms with Crippen molar-refractivity contribution in [1.82, 2.24) is 0 Å². The first-order valence-corrected chi connectivity index (χ1v) is 9.91. The molecule has 0 aliphatic carbocycles. The molecular weight excluding hydrogens is 350 g/mol. The lowest BCUT2D eigenvalue weighted by molar-refractivity contribution is -0.116. The number of hydrogen-bond acceptors (Lipinski definition) is 4. The first-order valence-electron chi connectivity index (χ1n) is 8.06. The molecule has 1 N–H and O–H groups in total. The number of anilines is 2. The average Bonchev–Trinajstić information content (AvgIpc) is 2.57. The number of amides is 1. The lowest BCUT2D eigenvalue weighted by Crippen LogP contribution is -2.34. The monoisotopic (exact) mass is 371 g/mol. The van der Waals surface area contributed by atoms with Crippen LogP contribution in [0, 0.1) is 25.2 Å². The molecule has 1 amide bonds. The molecule has 0 spiro atoms. The summed E-state index contributed by atoms with van der Waals surface area (Å²) in [6, 6.07) is 14.0. The van der Waals surface area contributed by atoms with E-state index >= 15 is 0 Å². The van der Waals surface area contributed by atoms with E-state index in [9.17, 15) is 13.2 Å². The third-order valence-corrected chi connectivity index (χ3v) is 5.09. The van der Waals surface area contributed by atoms with Crippen molar-refractivity contribution in [2.75, 3.05) is 22.4 Å². The maximum atomic E-state index is 12.2. The van der Waals surface area contributed by atoms with E-state index in [1.165, 1.54) is 4.31 Å². The van der Waals surface area contributed by atoms with Gasteiger partial charge in [0.1, 0.15) is 0 Å². The molecule has 6 nitrogen and oxygen atoms in total. The quantitative estimate of drug-likeness (QED) is 0.845. The minimum absolute atomic E-state index is 0.0147. The van der Waals surface area contributed by atoms with Gasteiger partial charge in [-0.3, -0.25) is 9.10 Å². The summed E-state index contributed by atoms with van der Waals surface area (Å²) in [6.45, 7) is 3.74. The van der Waals surface area contributed by atoms with Crippen LogP contribution in [0.5, 0.6) is 0 Å². The van der Waals surface area contributed by atoms with Crippen LogP contribution < -0.4 is 9.62 Å². The molecule has 0 aromatic heterocycles. The Bertz CT molecular complexity index is 925. The van der Waals surface area contributed by atoms with Crippen molar-refractivity contribution < 1.29 is 13.2 Å². The molecule has 0 radical (unpaired) electrons. The van der Waals surface area contributed by atoms with E-state index in [-0.39, 0.29) is 18.9 Å². The van der Waals surface area contributed by atoms with Gasteiger partial charge in [-0.1, -0.05) is 18.2 Å². The fourth-order valence-corrected chi connectivity index (χ4v) is 3.74. The molecule has 2 rings (SSSR count). The van der Waals surface area contributed by atoms with Crippen molar-refractivity contribution in [3.05, 3.63) is 59.2 Å². The number of sulfonamides is 1. The number of carbonyl (C=O) groups is 1. The van der Waals surface area contributed by atoms with E-state index in [2.05, 4.69) is 5.32 Å². The van der Waals surface area contributed by atoms with Crippen molar-refractivity contribution in [3.63, 3.8) is 0 Å². The van der Waals surface area contributed by atoms with Gasteiger partial charge in [0.25, 0.3) is 0 Å². The minimum Gasteiger partial charge on any atom is -0.326 e. The van der Waals surface area contributed by atoms with E-state index in [4.69, 9.17) is 5.26 Å². The van der Waals surface area contributed by atoms with Gasteiger partial charge in [-0.05, 0) is 49.2 Å². The molecule has 0 aliphatic rings. The third kappa shape index (κ3) is 4.83. The van der Waals surface area contributed by atoms with Crippen LogP contribution in [0.3, 0.4) is 0 Å². The molecule has 0 atom stereocenters. The van der Waals surface area contributed by atoms with Crippen molar-refractivity contribution >= 4 is 27.3 Å². The third-order valence-electron chi connectivity index (χ3n) is 3.93. The molecule has 0 aliphatic heterocycles. The predicted octanol–water partition coefficient (Wildman–Crippen LogP) is 2.97. The second-order valence-corrected chi connectivity index (χ2v) is 7.97. The number of nitriles is 1. The number of para-hydroxylation sites is 1. The van der Waals surface area contributed by atoms with Gasteiger partial charge in [-0.25, -0.2) is 8.42 Å². The molecule has 0 bridgehead atoms. The smallest absolute Gasteiger partial charge is 0.232 e. The van der Waals surface area contributed by atoms with Gasteiger partial charge >= 0.3 is 0 Å². The van der Waals surface area contributed by atoms with E-state index < -0.39 is 10.0 Å². The molecular formula is C19H21N3O3S. The van der Waals surface area contributed by atoms with Crippen molar-refractivity contribution in [2.24, 2.45) is 0 Å². The summed E-state index contributed by atoms with van der Waals surface area (Å²) in [5.74, 6) is -0.297. The summed E-state index contributed by atoms with van der Waals surface area (Å²) >= 11 is 0. The molecule has 0 heterocycles. The Labute approximate surface area is 154 Å². The van der Waals surface area contributed by atoms with Crippen molar-refractivity contribution in [2.45, 2.75) is 20.3 Å². The van der Waals surface area contributed by atoms with Crippen LogP contribution in [-0.4, -0.2) is 27.1 Å². The molecule has 0 saturated heterocycles. The molecule has 0 fully saturated rings. The highest BCUT2D eigenvalue weighted by Gasteiger charge is 2.21. The Kier molecular flexibility index (Phi) is 6.01. The van der Waals surface area contributed by atoms with Gasteiger partial charge in [-0.2, -0.15) is 5.26 Å². The maximum absolute atomic E-state index is 12.2. The Hall–Kier alpha value is -2.85. The zero-order chi connectivity index (χ0) is 19.3. The van der Waals surface area contributed by atoms with Gasteiger partial charge in [0.15, 0.2) is 0 Å². The predicted molar refractivity (Wildman–Crippen MR) is 103 cm³/mol. The van der Waals surface area contributed by atoms with E-state index in [0.717, 1.165) is 17.4 Å². The van der Waals surface area contributed by atoms with Gasteiger partial charge in [0, 0.05) is 18.7 Å². The molecule has 2 aromatic carbocycles. The van der Waals surface area contributed by atoms with Gasteiger partial charge < -0.3 is 5.32 Å². The van der Waals surface area contributed by atoms with Crippen LogP contribution in [0.4, 0.5) is 11.4 Å². The van der Waals surface area contributed by atoms with E-state index in [0.29, 0.717) is 16.9 Å². The minimum atomic E-state index is -3.52. The van der Waals surface area contributed by atoms with Crippen LogP contribution in [0.15, 0.2) is 42.5 Å². The van der Waals surface area contributed by atoms with Crippen LogP contribution in [0.1, 0.15) is 23.1 Å². The average molecular weight is 371 g/mol. The molecule has 2 aromatic rings. The van der Waals surface area contributed by atoms with Crippen LogP contribution in [0.2, 0.25) is 0 Å². The standard InChI is InChI=1S/C19H21N3O3S/c1-14-5-4-6-15(2)19(14)22(26(3,24)25)12-11-18(23)21-17-9-7-16(13-20)8-10-17/h4-10H,11-12H2,1-3H3,(H,21,23). The highest BCUT2D eigenvalue weighted by atomic mass is 32.2. The molecule has 7 heteroatoms. The first-order chi connectivity index (χ1) is 12.2. The number of hydrogen-bond donors (Lipinski definition) is 1. The van der Waals surface area contributed by atoms with Gasteiger partial charge in [0.2, 0.25) is 15.9 Å². The van der Waals surface area contributed by atoms with E-state index in [1.54, 1.807) is 24.3 Å². The van der Waals surface area contributed by atoms with Crippen molar-refractivity contribution in [3.8, 4) is 6.07 Å². The molecule has 136 valence electrons. The van der Waals surface area contributed by atoms with Gasteiger partial charge in [0.05, 0.1) is 23.6 Å². The molecule has 0 saturated carbocycles. The fourth-order valence-electron chi connectivity index (χ4n) is 2.70. The summed E-state index contributed by atoms with van der Waals surface area (Å²) in [4.78, 5) is 12.2. The topological polar surface area (TPSA) is 90.3 Å². The highest BCUT2D eigenvalue weighted by molar-refractivity contribution is 7.92. The summed E-state index contributed by atoms with van der Waals surface area (Å²) < 4.78 is 25.8. The largest absolute Gasteiger partial charge is 0.326 e. The zero-order valence-corrected chi connectivity index (χ0v) is 15.8. The normalized spacial score (nSPS) is 10.8. The van der Waals surface area contributed by atoms with Crippen LogP contribution in [-0.2, 0) is 14.8 Å². The number of carbonyl (C=O) groups excluding carboxylic acids is 1. The zero-order valence-electron chi connectivity index (χ0n) is 15.0. The maximum Gasteiger partial charge on any atom is 0.232 e. The second-order valence-electron chi connectivity index (χ2n) is 6.06. The lowest BCUT2D eigenvalue weighted by atomic mass is 10.1. The summed E-state index contributed by atoms with van der Waals surface area (Å²) in [5.41, 5.74) is 3.35. The number of benzene rings is 2. The number of aryl methyl sites for hydroxylation is 2. The van der Waals surface area contributed by atoms with Crippen LogP contribution in [0.25, 0.3) is 0 Å². The Morgan fingerprint density at radius 2 is 1.69 bits per heavy atom. The number of nitrogens with zero attached hydrogens (tertiary/aromatic N) is 2. The lowest BCUT2D eigenvalue weighted by Gasteiger charge is -2.25. The van der Waals surface area contributed by atoms with Crippen LogP contribution >= 0.6 is 0 Å². The molecule has 26 heavy (non-hydrogen) atoms. The summed E-state index contributed by atoms with van der Waals surface area (Å²) in [5, 5.41) is 11.5. The first kappa shape index (κ1) is 19.5. The number of nitrogens with one attached hydrogen (secondary N) is 1. The Morgan fingerprint density at radius 3 is 2.19 bits per heavy atom. The Balaban J connectivity index is 2.12. The van der Waals surface area contributed by atoms with Gasteiger partial charge in [-0.15, -0.1) is 0 Å². The molecule has 0 unspecified atom stereocenters. The fraction of sp³-hybridized carbons (Fsp3) is 0.263. The highest BCUT2D eigenvalue weighted by Crippen LogP contribution is 2.27. The SMILES string of the molecule is Cc1cccc(C)c1N(CCC(=O)Nc1ccc(C#N)cc1)S(C)(=O)=O. The second kappa shape index (κ2) is 8.02. The number of rotatable bonds is 6. The Morgan fingerprint density at radius 1 is 1.12 bits per heavy atom.